The van der Waals surface area contributed by atoms with E-state index in [1.807, 2.05) is 0 Å². The molecule has 0 atom stereocenters. The Morgan fingerprint density at radius 2 is 1.25 bits per heavy atom. The van der Waals surface area contributed by atoms with Crippen molar-refractivity contribution in [2.24, 2.45) is 0 Å². The summed E-state index contributed by atoms with van der Waals surface area (Å²) in [7, 11) is 0. The molecule has 0 bridgehead atoms. The van der Waals surface area contributed by atoms with Crippen LogP contribution in [0.4, 0.5) is 0 Å². The highest BCUT2D eigenvalue weighted by molar-refractivity contribution is 4.36. The van der Waals surface area contributed by atoms with Crippen molar-refractivity contribution < 1.29 is 20.0 Å². The predicted molar refractivity (Wildman–Crippen MR) is 46.6 cm³/mol. The first-order valence-electron chi connectivity index (χ1n) is 3.88. The third-order valence-corrected chi connectivity index (χ3v) is 0.889. The SMILES string of the molecule is C1CCOOC1.C=C.OCCO. The minimum absolute atomic E-state index is 0.125. The molecule has 0 aliphatic carbocycles. The molecule has 1 rings (SSSR count). The summed E-state index contributed by atoms with van der Waals surface area (Å²) in [5.41, 5.74) is 0. The maximum atomic E-state index is 7.62. The Morgan fingerprint density at radius 1 is 0.917 bits per heavy atom. The van der Waals surface area contributed by atoms with E-state index < -0.39 is 0 Å². The van der Waals surface area contributed by atoms with Crippen LogP contribution in [0.25, 0.3) is 0 Å². The van der Waals surface area contributed by atoms with Gasteiger partial charge in [0.05, 0.1) is 26.4 Å². The summed E-state index contributed by atoms with van der Waals surface area (Å²) in [5.74, 6) is 0. The van der Waals surface area contributed by atoms with Crippen molar-refractivity contribution in [1.82, 2.24) is 0 Å². The molecule has 4 heteroatoms. The summed E-state index contributed by atoms with van der Waals surface area (Å²) in [6.45, 7) is 7.31. The maximum Gasteiger partial charge on any atom is 0.0823 e. The van der Waals surface area contributed by atoms with Crippen molar-refractivity contribution in [3.63, 3.8) is 0 Å². The fourth-order valence-electron chi connectivity index (χ4n) is 0.440. The van der Waals surface area contributed by atoms with Crippen LogP contribution < -0.4 is 0 Å². The summed E-state index contributed by atoms with van der Waals surface area (Å²) in [5, 5.41) is 15.2. The molecular formula is C8H18O4. The smallest absolute Gasteiger partial charge is 0.0823 e. The molecule has 1 heterocycles. The van der Waals surface area contributed by atoms with E-state index in [2.05, 4.69) is 22.9 Å². The highest BCUT2D eigenvalue weighted by Gasteiger charge is 1.95. The Balaban J connectivity index is 0. The average Bonchev–Trinajstić information content (AvgIpc) is 2.24. The molecule has 0 radical (unpaired) electrons. The summed E-state index contributed by atoms with van der Waals surface area (Å²) >= 11 is 0. The van der Waals surface area contributed by atoms with Gasteiger partial charge in [0.25, 0.3) is 0 Å². The molecule has 12 heavy (non-hydrogen) atoms. The van der Waals surface area contributed by atoms with Crippen molar-refractivity contribution >= 4 is 0 Å². The van der Waals surface area contributed by atoms with Crippen LogP contribution in [0.5, 0.6) is 0 Å². The standard InChI is InChI=1S/C4H8O2.C2H6O2.C2H4/c1-2-4-6-5-3-1;3-1-2-4;1-2/h1-4H2;3-4H,1-2H2;1-2H2. The van der Waals surface area contributed by atoms with Gasteiger partial charge in [0.2, 0.25) is 0 Å². The third-order valence-electron chi connectivity index (χ3n) is 0.889. The second kappa shape index (κ2) is 16.9. The number of hydrogen-bond acceptors (Lipinski definition) is 4. The van der Waals surface area contributed by atoms with E-state index in [1.54, 1.807) is 0 Å². The molecule has 2 N–H and O–H groups in total. The zero-order chi connectivity index (χ0) is 9.66. The Bertz CT molecular complexity index is 50.6. The van der Waals surface area contributed by atoms with Gasteiger partial charge in [-0.25, -0.2) is 9.78 Å². The molecule has 74 valence electrons. The normalized spacial score (nSPS) is 14.8. The Kier molecular flexibility index (Phi) is 19.9. The molecule has 1 aliphatic heterocycles. The first kappa shape index (κ1) is 14.1. The lowest BCUT2D eigenvalue weighted by Gasteiger charge is -2.07. The van der Waals surface area contributed by atoms with Crippen LogP contribution in [0.1, 0.15) is 12.8 Å². The summed E-state index contributed by atoms with van der Waals surface area (Å²) in [6, 6.07) is 0. The van der Waals surface area contributed by atoms with Crippen molar-refractivity contribution in [1.29, 1.82) is 0 Å². The number of aliphatic hydroxyl groups is 2. The fourth-order valence-corrected chi connectivity index (χ4v) is 0.440. The monoisotopic (exact) mass is 178 g/mol. The first-order chi connectivity index (χ1) is 5.91. The van der Waals surface area contributed by atoms with E-state index in [1.165, 1.54) is 0 Å². The number of rotatable bonds is 1. The van der Waals surface area contributed by atoms with E-state index in [0.717, 1.165) is 26.1 Å². The molecular weight excluding hydrogens is 160 g/mol. The maximum absolute atomic E-state index is 7.62. The zero-order valence-corrected chi connectivity index (χ0v) is 7.37. The Morgan fingerprint density at radius 3 is 1.33 bits per heavy atom. The van der Waals surface area contributed by atoms with Crippen LogP contribution in [0.15, 0.2) is 13.2 Å². The topological polar surface area (TPSA) is 58.9 Å². The van der Waals surface area contributed by atoms with Gasteiger partial charge in [-0.05, 0) is 12.8 Å². The van der Waals surface area contributed by atoms with Crippen LogP contribution in [0.3, 0.4) is 0 Å². The largest absolute Gasteiger partial charge is 0.394 e. The molecule has 0 unspecified atom stereocenters. The molecule has 0 spiro atoms. The van der Waals surface area contributed by atoms with Crippen LogP contribution >= 0.6 is 0 Å². The number of aliphatic hydroxyl groups excluding tert-OH is 2. The summed E-state index contributed by atoms with van der Waals surface area (Å²) < 4.78 is 0. The molecule has 0 saturated carbocycles. The minimum Gasteiger partial charge on any atom is -0.394 e. The van der Waals surface area contributed by atoms with Gasteiger partial charge < -0.3 is 10.2 Å². The van der Waals surface area contributed by atoms with E-state index in [0.29, 0.717) is 0 Å². The molecule has 0 aromatic rings. The molecule has 0 aromatic carbocycles. The zero-order valence-electron chi connectivity index (χ0n) is 7.37. The molecule has 4 nitrogen and oxygen atoms in total. The van der Waals surface area contributed by atoms with Crippen LogP contribution in [-0.2, 0) is 9.78 Å². The second-order valence-electron chi connectivity index (χ2n) is 1.80. The van der Waals surface area contributed by atoms with Crippen molar-refractivity contribution in [2.75, 3.05) is 26.4 Å². The van der Waals surface area contributed by atoms with Crippen LogP contribution in [0.2, 0.25) is 0 Å². The van der Waals surface area contributed by atoms with Gasteiger partial charge in [0, 0.05) is 0 Å². The van der Waals surface area contributed by atoms with Gasteiger partial charge in [-0.3, -0.25) is 0 Å². The molecule has 0 aromatic heterocycles. The van der Waals surface area contributed by atoms with Gasteiger partial charge >= 0.3 is 0 Å². The predicted octanol–water partition coefficient (Wildman–Crippen LogP) is 0.502. The Labute approximate surface area is 73.4 Å². The van der Waals surface area contributed by atoms with Crippen molar-refractivity contribution in [2.45, 2.75) is 12.8 Å². The van der Waals surface area contributed by atoms with Crippen LogP contribution in [0, 0.1) is 0 Å². The molecule has 1 fully saturated rings. The first-order valence-corrected chi connectivity index (χ1v) is 3.88. The van der Waals surface area contributed by atoms with E-state index in [-0.39, 0.29) is 13.2 Å². The van der Waals surface area contributed by atoms with E-state index in [9.17, 15) is 0 Å². The minimum atomic E-state index is -0.125. The fraction of sp³-hybridized carbons (Fsp3) is 0.750. The van der Waals surface area contributed by atoms with Gasteiger partial charge in [-0.2, -0.15) is 0 Å². The van der Waals surface area contributed by atoms with Gasteiger partial charge in [-0.15, -0.1) is 13.2 Å². The molecule has 1 saturated heterocycles. The average molecular weight is 178 g/mol. The quantitative estimate of drug-likeness (QED) is 0.453. The summed E-state index contributed by atoms with van der Waals surface area (Å²) in [6.07, 6.45) is 2.31. The lowest BCUT2D eigenvalue weighted by Crippen LogP contribution is -2.05. The molecule has 0 amide bonds. The third kappa shape index (κ3) is 16.3. The lowest BCUT2D eigenvalue weighted by molar-refractivity contribution is -0.312. The van der Waals surface area contributed by atoms with E-state index >= 15 is 0 Å². The van der Waals surface area contributed by atoms with E-state index in [4.69, 9.17) is 10.2 Å². The lowest BCUT2D eigenvalue weighted by atomic mass is 10.3. The molecule has 1 aliphatic rings. The van der Waals surface area contributed by atoms with Gasteiger partial charge in [-0.1, -0.05) is 0 Å². The highest BCUT2D eigenvalue weighted by atomic mass is 17.2. The second-order valence-corrected chi connectivity index (χ2v) is 1.80. The number of hydrogen-bond donors (Lipinski definition) is 2. The van der Waals surface area contributed by atoms with Crippen LogP contribution in [-0.4, -0.2) is 36.6 Å². The van der Waals surface area contributed by atoms with Gasteiger partial charge in [0.15, 0.2) is 0 Å². The summed E-state index contributed by atoms with van der Waals surface area (Å²) in [4.78, 5) is 9.14. The Hall–Kier alpha value is -0.420. The highest BCUT2D eigenvalue weighted by Crippen LogP contribution is 1.97. The van der Waals surface area contributed by atoms with Crippen molar-refractivity contribution in [3.05, 3.63) is 13.2 Å². The van der Waals surface area contributed by atoms with Gasteiger partial charge in [0.1, 0.15) is 0 Å². The van der Waals surface area contributed by atoms with Crippen molar-refractivity contribution in [3.8, 4) is 0 Å².